The third-order valence-corrected chi connectivity index (χ3v) is 5.79. The van der Waals surface area contributed by atoms with Gasteiger partial charge >= 0.3 is 0 Å². The van der Waals surface area contributed by atoms with Crippen LogP contribution in [0.25, 0.3) is 0 Å². The monoisotopic (exact) mass is 421 g/mol. The van der Waals surface area contributed by atoms with Gasteiger partial charge in [-0.1, -0.05) is 12.1 Å². The van der Waals surface area contributed by atoms with E-state index >= 15 is 0 Å². The lowest BCUT2D eigenvalue weighted by Gasteiger charge is -2.37. The Labute approximate surface area is 181 Å². The quantitative estimate of drug-likeness (QED) is 0.748. The fourth-order valence-corrected chi connectivity index (χ4v) is 3.86. The normalized spacial score (nSPS) is 19.2. The lowest BCUT2D eigenvalue weighted by atomic mass is 10.1. The van der Waals surface area contributed by atoms with E-state index in [-0.39, 0.29) is 24.5 Å². The molecule has 0 saturated carbocycles. The van der Waals surface area contributed by atoms with Gasteiger partial charge in [-0.15, -0.1) is 0 Å². The van der Waals surface area contributed by atoms with E-state index < -0.39 is 6.10 Å². The van der Waals surface area contributed by atoms with Gasteiger partial charge in [0.15, 0.2) is 17.5 Å². The molecule has 2 atom stereocenters. The summed E-state index contributed by atoms with van der Waals surface area (Å²) in [6.45, 7) is 4.57. The predicted octanol–water partition coefficient (Wildman–Crippen LogP) is 0.452. The van der Waals surface area contributed by atoms with Crippen LogP contribution in [0.4, 0.5) is 5.69 Å². The maximum atomic E-state index is 12.9. The summed E-state index contributed by atoms with van der Waals surface area (Å²) in [5.41, 5.74) is 1.21. The molecule has 0 radical (unpaired) electrons. The number of piperazine rings is 1. The Balaban J connectivity index is 1.28. The zero-order valence-corrected chi connectivity index (χ0v) is 17.3. The fraction of sp³-hybridized carbons (Fsp3) is 0.348. The number of hydrogen-bond acceptors (Lipinski definition) is 5. The van der Waals surface area contributed by atoms with Gasteiger partial charge in [0.1, 0.15) is 6.61 Å². The van der Waals surface area contributed by atoms with E-state index in [1.807, 2.05) is 25.1 Å². The molecule has 2 amide bonds. The maximum Gasteiger partial charge on any atom is 0.282 e. The molecule has 0 aliphatic carbocycles. The third-order valence-electron chi connectivity index (χ3n) is 5.79. The minimum Gasteiger partial charge on any atom is -0.485 e. The molecule has 2 aliphatic heterocycles. The molecule has 0 spiro atoms. The molecular formula is C23H25N4O4+. The van der Waals surface area contributed by atoms with Crippen molar-refractivity contribution in [2.24, 2.45) is 0 Å². The summed E-state index contributed by atoms with van der Waals surface area (Å²) in [6, 6.07) is 15.9. The predicted molar refractivity (Wildman–Crippen MR) is 113 cm³/mol. The van der Waals surface area contributed by atoms with Crippen molar-refractivity contribution in [1.29, 1.82) is 5.26 Å². The van der Waals surface area contributed by atoms with Crippen molar-refractivity contribution >= 4 is 17.5 Å². The van der Waals surface area contributed by atoms with Crippen LogP contribution in [0, 0.1) is 11.3 Å². The van der Waals surface area contributed by atoms with Gasteiger partial charge in [0.05, 0.1) is 37.8 Å². The van der Waals surface area contributed by atoms with Crippen LogP contribution in [0.1, 0.15) is 12.5 Å². The van der Waals surface area contributed by atoms with Crippen molar-refractivity contribution in [3.05, 3.63) is 54.1 Å². The Kier molecular flexibility index (Phi) is 6.05. The van der Waals surface area contributed by atoms with Gasteiger partial charge in [-0.25, -0.2) is 0 Å². The number of para-hydroxylation sites is 2. The van der Waals surface area contributed by atoms with Crippen molar-refractivity contribution in [2.45, 2.75) is 19.1 Å². The summed E-state index contributed by atoms with van der Waals surface area (Å²) >= 11 is 0. The van der Waals surface area contributed by atoms with Crippen LogP contribution < -0.4 is 19.7 Å². The summed E-state index contributed by atoms with van der Waals surface area (Å²) < 4.78 is 11.5. The van der Waals surface area contributed by atoms with E-state index in [0.717, 1.165) is 4.90 Å². The van der Waals surface area contributed by atoms with Crippen molar-refractivity contribution in [1.82, 2.24) is 4.90 Å². The molecule has 0 aromatic heterocycles. The van der Waals surface area contributed by atoms with E-state index in [4.69, 9.17) is 14.7 Å². The number of quaternary nitrogens is 1. The number of carbonyl (C=O) groups is 2. The molecule has 8 heteroatoms. The first-order valence-corrected chi connectivity index (χ1v) is 10.4. The topological polar surface area (TPSA) is 96.1 Å². The van der Waals surface area contributed by atoms with Crippen LogP contribution in [0.5, 0.6) is 11.5 Å². The first-order valence-electron chi connectivity index (χ1n) is 10.4. The van der Waals surface area contributed by atoms with Crippen molar-refractivity contribution in [2.75, 3.05) is 38.1 Å². The minimum atomic E-state index is -0.645. The van der Waals surface area contributed by atoms with Crippen LogP contribution in [-0.4, -0.2) is 61.6 Å². The summed E-state index contributed by atoms with van der Waals surface area (Å²) in [4.78, 5) is 28.4. The molecule has 1 saturated heterocycles. The number of nitrogens with one attached hydrogen (secondary N) is 2. The molecule has 8 nitrogen and oxygen atoms in total. The van der Waals surface area contributed by atoms with Gasteiger partial charge in [-0.2, -0.15) is 5.26 Å². The van der Waals surface area contributed by atoms with Gasteiger partial charge in [-0.3, -0.25) is 9.59 Å². The minimum absolute atomic E-state index is 0.0803. The molecule has 4 rings (SSSR count). The van der Waals surface area contributed by atoms with Crippen molar-refractivity contribution in [3.8, 4) is 17.6 Å². The first-order chi connectivity index (χ1) is 15.0. The second kappa shape index (κ2) is 9.06. The second-order valence-electron chi connectivity index (χ2n) is 7.75. The Bertz CT molecular complexity index is 993. The molecule has 1 fully saturated rings. The summed E-state index contributed by atoms with van der Waals surface area (Å²) in [5.74, 6) is 1.08. The highest BCUT2D eigenvalue weighted by atomic mass is 16.6. The number of anilines is 1. The summed E-state index contributed by atoms with van der Waals surface area (Å²) in [6.07, 6.45) is -0.645. The van der Waals surface area contributed by atoms with Gasteiger partial charge < -0.3 is 24.6 Å². The summed E-state index contributed by atoms with van der Waals surface area (Å²) in [7, 11) is 0. The highest BCUT2D eigenvalue weighted by Crippen LogP contribution is 2.31. The van der Waals surface area contributed by atoms with Crippen LogP contribution in [-0.2, 0) is 9.59 Å². The number of benzene rings is 2. The number of carbonyl (C=O) groups excluding carboxylic acids is 2. The molecule has 31 heavy (non-hydrogen) atoms. The average molecular weight is 421 g/mol. The number of amides is 2. The highest BCUT2D eigenvalue weighted by Gasteiger charge is 2.35. The van der Waals surface area contributed by atoms with Crippen LogP contribution in [0.2, 0.25) is 0 Å². The van der Waals surface area contributed by atoms with Gasteiger partial charge in [0.2, 0.25) is 6.10 Å². The average Bonchev–Trinajstić information content (AvgIpc) is 2.83. The van der Waals surface area contributed by atoms with E-state index in [2.05, 4.69) is 11.4 Å². The SMILES string of the molecule is C[C@@H](C(=O)Nc1ccc(C#N)cc1)[NH+]1CCN(C(=O)[C@H]2COc3ccccc3O2)CC1. The van der Waals surface area contributed by atoms with E-state index in [1.165, 1.54) is 0 Å². The Morgan fingerprint density at radius 1 is 1.13 bits per heavy atom. The molecule has 0 unspecified atom stereocenters. The molecule has 160 valence electrons. The third kappa shape index (κ3) is 4.62. The molecule has 2 aliphatic rings. The number of rotatable bonds is 4. The maximum absolute atomic E-state index is 12.9. The van der Waals surface area contributed by atoms with Crippen molar-refractivity contribution in [3.63, 3.8) is 0 Å². The Morgan fingerprint density at radius 3 is 2.48 bits per heavy atom. The Morgan fingerprint density at radius 2 is 1.81 bits per heavy atom. The first kappa shape index (κ1) is 20.7. The van der Waals surface area contributed by atoms with Crippen LogP contribution >= 0.6 is 0 Å². The van der Waals surface area contributed by atoms with Gasteiger partial charge in [-0.05, 0) is 43.3 Å². The van der Waals surface area contributed by atoms with Gasteiger partial charge in [0.25, 0.3) is 11.8 Å². The smallest absolute Gasteiger partial charge is 0.282 e. The summed E-state index contributed by atoms with van der Waals surface area (Å²) in [5, 5.41) is 11.8. The van der Waals surface area contributed by atoms with Crippen LogP contribution in [0.3, 0.4) is 0 Å². The second-order valence-corrected chi connectivity index (χ2v) is 7.75. The molecule has 2 aromatic carbocycles. The molecular weight excluding hydrogens is 396 g/mol. The highest BCUT2D eigenvalue weighted by molar-refractivity contribution is 5.93. The number of hydrogen-bond donors (Lipinski definition) is 2. The molecule has 0 bridgehead atoms. The lowest BCUT2D eigenvalue weighted by Crippen LogP contribution is -3.19. The number of nitriles is 1. The standard InChI is InChI=1S/C23H24N4O4/c1-16(22(28)25-18-8-6-17(14-24)7-9-18)26-10-12-27(13-11-26)23(29)21-15-30-19-4-2-3-5-20(19)31-21/h2-9,16,21H,10-13,15H2,1H3,(H,25,28)/p+1/t16-,21+/m0/s1. The largest absolute Gasteiger partial charge is 0.485 e. The lowest BCUT2D eigenvalue weighted by molar-refractivity contribution is -0.917. The zero-order chi connectivity index (χ0) is 21.8. The fourth-order valence-electron chi connectivity index (χ4n) is 3.86. The van der Waals surface area contributed by atoms with E-state index in [9.17, 15) is 9.59 Å². The Hall–Kier alpha value is -3.57. The van der Waals surface area contributed by atoms with E-state index in [1.54, 1.807) is 35.2 Å². The number of ether oxygens (including phenoxy) is 2. The van der Waals surface area contributed by atoms with Crippen LogP contribution in [0.15, 0.2) is 48.5 Å². The zero-order valence-electron chi connectivity index (χ0n) is 17.3. The van der Waals surface area contributed by atoms with E-state index in [0.29, 0.717) is 48.9 Å². The number of nitrogens with zero attached hydrogens (tertiary/aromatic N) is 2. The number of fused-ring (bicyclic) bond motifs is 1. The molecule has 2 heterocycles. The van der Waals surface area contributed by atoms with Gasteiger partial charge in [0, 0.05) is 5.69 Å². The molecule has 2 aromatic rings. The van der Waals surface area contributed by atoms with Crippen molar-refractivity contribution < 1.29 is 24.0 Å². The molecule has 2 N–H and O–H groups in total.